The van der Waals surface area contributed by atoms with Crippen LogP contribution in [0.2, 0.25) is 0 Å². The van der Waals surface area contributed by atoms with E-state index in [0.717, 1.165) is 11.4 Å². The first-order valence-corrected chi connectivity index (χ1v) is 7.49. The van der Waals surface area contributed by atoms with Gasteiger partial charge in [0.1, 0.15) is 16.6 Å². The van der Waals surface area contributed by atoms with Gasteiger partial charge >= 0.3 is 0 Å². The van der Waals surface area contributed by atoms with Gasteiger partial charge in [-0.1, -0.05) is 18.3 Å². The Morgan fingerprint density at radius 3 is 2.76 bits per heavy atom. The number of nitrogens with one attached hydrogen (secondary N) is 1. The number of amides is 1. The smallest absolute Gasteiger partial charge is 0.226 e. The molecule has 0 saturated carbocycles. The summed E-state index contributed by atoms with van der Waals surface area (Å²) >= 11 is 1.38. The van der Waals surface area contributed by atoms with Gasteiger partial charge in [-0.15, -0.1) is 10.2 Å². The van der Waals surface area contributed by atoms with Crippen molar-refractivity contribution < 1.29 is 13.9 Å². The van der Waals surface area contributed by atoms with Gasteiger partial charge in [0.05, 0.1) is 6.61 Å². The van der Waals surface area contributed by atoms with Crippen LogP contribution in [-0.4, -0.2) is 22.7 Å². The van der Waals surface area contributed by atoms with Crippen LogP contribution in [0.3, 0.4) is 0 Å². The number of ether oxygens (including phenoxy) is 1. The topological polar surface area (TPSA) is 64.1 Å². The number of aromatic nitrogens is 2. The van der Waals surface area contributed by atoms with Crippen LogP contribution >= 0.6 is 11.3 Å². The first kappa shape index (κ1) is 15.4. The Bertz CT molecular complexity index is 586. The predicted octanol–water partition coefficient (Wildman–Crippen LogP) is 3.04. The maximum absolute atomic E-state index is 12.7. The van der Waals surface area contributed by atoms with E-state index in [1.165, 1.54) is 23.5 Å². The quantitative estimate of drug-likeness (QED) is 0.798. The fraction of sp³-hybridized carbons (Fsp3) is 0.357. The van der Waals surface area contributed by atoms with Crippen molar-refractivity contribution in [3.05, 3.63) is 35.1 Å². The molecule has 0 saturated heterocycles. The van der Waals surface area contributed by atoms with Crippen molar-refractivity contribution in [1.29, 1.82) is 0 Å². The number of benzene rings is 1. The van der Waals surface area contributed by atoms with Gasteiger partial charge in [-0.2, -0.15) is 0 Å². The third-order valence-electron chi connectivity index (χ3n) is 2.65. The molecular weight excluding hydrogens is 293 g/mol. The Morgan fingerprint density at radius 2 is 2.10 bits per heavy atom. The average molecular weight is 309 g/mol. The molecule has 0 spiro atoms. The van der Waals surface area contributed by atoms with Crippen LogP contribution in [0.1, 0.15) is 24.8 Å². The Morgan fingerprint density at radius 1 is 1.33 bits per heavy atom. The zero-order chi connectivity index (χ0) is 15.1. The number of anilines is 1. The highest BCUT2D eigenvalue weighted by atomic mass is 32.1. The third kappa shape index (κ3) is 5.11. The van der Waals surface area contributed by atoms with Gasteiger partial charge in [-0.25, -0.2) is 4.39 Å². The molecular formula is C14H16FN3O2S. The van der Waals surface area contributed by atoms with Crippen molar-refractivity contribution in [2.24, 2.45) is 0 Å². The van der Waals surface area contributed by atoms with Crippen LogP contribution in [0.5, 0.6) is 5.75 Å². The lowest BCUT2D eigenvalue weighted by Crippen LogP contribution is -2.12. The number of carbonyl (C=O) groups is 1. The molecule has 0 aliphatic rings. The number of hydrogen-bond donors (Lipinski definition) is 1. The molecule has 21 heavy (non-hydrogen) atoms. The Labute approximate surface area is 126 Å². The molecule has 0 unspecified atom stereocenters. The number of halogens is 1. The number of hydrogen-bond acceptors (Lipinski definition) is 5. The van der Waals surface area contributed by atoms with Crippen molar-refractivity contribution in [2.75, 3.05) is 11.9 Å². The second kappa shape index (κ2) is 7.68. The van der Waals surface area contributed by atoms with Gasteiger partial charge in [-0.05, 0) is 37.1 Å². The molecule has 1 heterocycles. The summed E-state index contributed by atoms with van der Waals surface area (Å²) in [6.07, 6.45) is 1.71. The summed E-state index contributed by atoms with van der Waals surface area (Å²) in [4.78, 5) is 11.7. The molecule has 1 N–H and O–H groups in total. The van der Waals surface area contributed by atoms with E-state index in [4.69, 9.17) is 4.74 Å². The fourth-order valence-electron chi connectivity index (χ4n) is 1.58. The highest BCUT2D eigenvalue weighted by molar-refractivity contribution is 7.15. The molecule has 0 aliphatic carbocycles. The highest BCUT2D eigenvalue weighted by Gasteiger charge is 2.07. The maximum Gasteiger partial charge on any atom is 0.226 e. The highest BCUT2D eigenvalue weighted by Crippen LogP contribution is 2.16. The predicted molar refractivity (Wildman–Crippen MR) is 79.0 cm³/mol. The summed E-state index contributed by atoms with van der Waals surface area (Å²) in [5, 5.41) is 11.9. The first-order chi connectivity index (χ1) is 10.2. The van der Waals surface area contributed by atoms with E-state index in [1.807, 2.05) is 6.92 Å². The third-order valence-corrected chi connectivity index (χ3v) is 3.63. The van der Waals surface area contributed by atoms with Crippen LogP contribution in [0.4, 0.5) is 9.52 Å². The lowest BCUT2D eigenvalue weighted by atomic mass is 10.3. The summed E-state index contributed by atoms with van der Waals surface area (Å²) in [5.74, 6) is 0.176. The van der Waals surface area contributed by atoms with Crippen molar-refractivity contribution >= 4 is 22.4 Å². The lowest BCUT2D eigenvalue weighted by molar-refractivity contribution is -0.116. The standard InChI is InChI=1S/C14H16FN3O2S/c1-2-13-17-18-14(21-13)16-12(19)4-3-9-20-11-7-5-10(15)6-8-11/h5-8H,2-4,9H2,1H3,(H,16,18,19). The van der Waals surface area contributed by atoms with Gasteiger partial charge < -0.3 is 10.1 Å². The zero-order valence-corrected chi connectivity index (χ0v) is 12.5. The number of rotatable bonds is 7. The minimum absolute atomic E-state index is 0.114. The summed E-state index contributed by atoms with van der Waals surface area (Å²) in [6, 6.07) is 5.79. The van der Waals surface area contributed by atoms with Gasteiger partial charge in [0, 0.05) is 6.42 Å². The average Bonchev–Trinajstić information content (AvgIpc) is 2.93. The summed E-state index contributed by atoms with van der Waals surface area (Å²) < 4.78 is 18.1. The first-order valence-electron chi connectivity index (χ1n) is 6.68. The van der Waals surface area contributed by atoms with Gasteiger partial charge in [0.25, 0.3) is 0 Å². The van der Waals surface area contributed by atoms with E-state index in [-0.39, 0.29) is 11.7 Å². The van der Waals surface area contributed by atoms with Gasteiger partial charge in [0.2, 0.25) is 11.0 Å². The molecule has 0 atom stereocenters. The largest absolute Gasteiger partial charge is 0.494 e. The maximum atomic E-state index is 12.7. The van der Waals surface area contributed by atoms with E-state index < -0.39 is 0 Å². The molecule has 2 aromatic rings. The van der Waals surface area contributed by atoms with Crippen LogP contribution in [0.25, 0.3) is 0 Å². The summed E-state index contributed by atoms with van der Waals surface area (Å²) in [6.45, 7) is 2.38. The summed E-state index contributed by atoms with van der Waals surface area (Å²) in [7, 11) is 0. The van der Waals surface area contributed by atoms with E-state index >= 15 is 0 Å². The van der Waals surface area contributed by atoms with Crippen molar-refractivity contribution in [3.63, 3.8) is 0 Å². The molecule has 2 rings (SSSR count). The Kier molecular flexibility index (Phi) is 5.62. The zero-order valence-electron chi connectivity index (χ0n) is 11.6. The molecule has 5 nitrogen and oxygen atoms in total. The lowest BCUT2D eigenvalue weighted by Gasteiger charge is -2.05. The minimum Gasteiger partial charge on any atom is -0.494 e. The minimum atomic E-state index is -0.301. The number of aryl methyl sites for hydroxylation is 1. The Hall–Kier alpha value is -2.02. The van der Waals surface area contributed by atoms with E-state index in [2.05, 4.69) is 15.5 Å². The van der Waals surface area contributed by atoms with Crippen molar-refractivity contribution in [3.8, 4) is 5.75 Å². The SMILES string of the molecule is CCc1nnc(NC(=O)CCCOc2ccc(F)cc2)s1. The molecule has 0 radical (unpaired) electrons. The van der Waals surface area contributed by atoms with Gasteiger partial charge in [0.15, 0.2) is 0 Å². The molecule has 0 fully saturated rings. The van der Waals surface area contributed by atoms with Gasteiger partial charge in [-0.3, -0.25) is 4.79 Å². The molecule has 112 valence electrons. The Balaban J connectivity index is 1.66. The number of nitrogens with zero attached hydrogens (tertiary/aromatic N) is 2. The molecule has 1 aromatic carbocycles. The molecule has 0 aliphatic heterocycles. The van der Waals surface area contributed by atoms with E-state index in [1.54, 1.807) is 12.1 Å². The number of carbonyl (C=O) groups excluding carboxylic acids is 1. The van der Waals surface area contributed by atoms with Crippen molar-refractivity contribution in [2.45, 2.75) is 26.2 Å². The van der Waals surface area contributed by atoms with Crippen LogP contribution in [-0.2, 0) is 11.2 Å². The van der Waals surface area contributed by atoms with E-state index in [0.29, 0.717) is 30.3 Å². The van der Waals surface area contributed by atoms with E-state index in [9.17, 15) is 9.18 Å². The second-order valence-electron chi connectivity index (χ2n) is 4.31. The molecule has 1 aromatic heterocycles. The second-order valence-corrected chi connectivity index (χ2v) is 5.37. The molecule has 1 amide bonds. The summed E-state index contributed by atoms with van der Waals surface area (Å²) in [5.41, 5.74) is 0. The van der Waals surface area contributed by atoms with Crippen molar-refractivity contribution in [1.82, 2.24) is 10.2 Å². The van der Waals surface area contributed by atoms with Crippen LogP contribution in [0.15, 0.2) is 24.3 Å². The molecule has 7 heteroatoms. The monoisotopic (exact) mass is 309 g/mol. The molecule has 0 bridgehead atoms. The van der Waals surface area contributed by atoms with Crippen LogP contribution < -0.4 is 10.1 Å². The normalized spacial score (nSPS) is 10.4. The fourth-order valence-corrected chi connectivity index (χ4v) is 2.28. The van der Waals surface area contributed by atoms with Crippen LogP contribution in [0, 0.1) is 5.82 Å².